The average molecular weight is 134 g/mol. The van der Waals surface area contributed by atoms with Gasteiger partial charge in [0.25, 0.3) is 0 Å². The van der Waals surface area contributed by atoms with E-state index in [4.69, 9.17) is 0 Å². The van der Waals surface area contributed by atoms with E-state index in [1.54, 1.807) is 6.08 Å². The number of hydrogen-bond donors (Lipinski definition) is 0. The molecule has 1 heterocycles. The highest BCUT2D eigenvalue weighted by Gasteiger charge is 2.10. The second kappa shape index (κ2) is 1.78. The Morgan fingerprint density at radius 1 is 1.50 bits per heavy atom. The summed E-state index contributed by atoms with van der Waals surface area (Å²) in [7, 11) is -3.17. The molecule has 0 bridgehead atoms. The molecule has 0 radical (unpaired) electrons. The lowest BCUT2D eigenvalue weighted by atomic mass is 10.5. The third-order valence-electron chi connectivity index (χ3n) is 0.833. The molecular formula is C4H6O3S. The SMILES string of the molecule is O=S1(=O)CCC=CO1. The number of hydrogen-bond acceptors (Lipinski definition) is 3. The summed E-state index contributed by atoms with van der Waals surface area (Å²) in [5.41, 5.74) is 0. The van der Waals surface area contributed by atoms with Crippen LogP contribution < -0.4 is 0 Å². The molecule has 0 fully saturated rings. The maximum absolute atomic E-state index is 10.4. The van der Waals surface area contributed by atoms with Crippen LogP contribution in [-0.4, -0.2) is 14.2 Å². The van der Waals surface area contributed by atoms with Gasteiger partial charge in [-0.15, -0.1) is 0 Å². The Kier molecular flexibility index (Phi) is 1.25. The third kappa shape index (κ3) is 1.23. The van der Waals surface area contributed by atoms with Gasteiger partial charge < -0.3 is 4.18 Å². The van der Waals surface area contributed by atoms with Crippen LogP contribution >= 0.6 is 0 Å². The summed E-state index contributed by atoms with van der Waals surface area (Å²) in [5, 5.41) is 0. The summed E-state index contributed by atoms with van der Waals surface area (Å²) in [4.78, 5) is 0. The molecule has 0 saturated carbocycles. The van der Waals surface area contributed by atoms with Crippen molar-refractivity contribution < 1.29 is 12.6 Å². The highest BCUT2D eigenvalue weighted by Crippen LogP contribution is 2.03. The maximum atomic E-state index is 10.4. The lowest BCUT2D eigenvalue weighted by molar-refractivity contribution is 0.434. The predicted octanol–water partition coefficient (Wildman–Crippen LogP) is 0.250. The lowest BCUT2D eigenvalue weighted by Crippen LogP contribution is -2.09. The first-order valence-corrected chi connectivity index (χ1v) is 3.84. The van der Waals surface area contributed by atoms with Gasteiger partial charge in [-0.3, -0.25) is 0 Å². The first-order valence-electron chi connectivity index (χ1n) is 2.27. The largest absolute Gasteiger partial charge is 0.391 e. The normalized spacial score (nSPS) is 24.5. The van der Waals surface area contributed by atoms with Gasteiger partial charge in [0.05, 0.1) is 5.75 Å². The van der Waals surface area contributed by atoms with Gasteiger partial charge in [0.15, 0.2) is 0 Å². The van der Waals surface area contributed by atoms with Crippen LogP contribution in [0.2, 0.25) is 0 Å². The molecule has 46 valence electrons. The van der Waals surface area contributed by atoms with Crippen molar-refractivity contribution in [3.63, 3.8) is 0 Å². The Labute approximate surface area is 48.1 Å². The fourth-order valence-electron chi connectivity index (χ4n) is 0.452. The molecule has 0 atom stereocenters. The van der Waals surface area contributed by atoms with E-state index in [-0.39, 0.29) is 5.75 Å². The molecule has 1 aliphatic heterocycles. The van der Waals surface area contributed by atoms with Crippen molar-refractivity contribution >= 4 is 10.1 Å². The number of rotatable bonds is 0. The average Bonchev–Trinajstić information content (AvgIpc) is 1.65. The van der Waals surface area contributed by atoms with Crippen LogP contribution in [0.15, 0.2) is 12.3 Å². The van der Waals surface area contributed by atoms with E-state index in [9.17, 15) is 8.42 Å². The second-order valence-electron chi connectivity index (χ2n) is 1.52. The van der Waals surface area contributed by atoms with Crippen molar-refractivity contribution in [3.8, 4) is 0 Å². The minimum atomic E-state index is -3.17. The quantitative estimate of drug-likeness (QED) is 0.446. The molecule has 0 amide bonds. The zero-order chi connectivity index (χ0) is 6.04. The first kappa shape index (κ1) is 5.62. The van der Waals surface area contributed by atoms with E-state index in [0.717, 1.165) is 0 Å². The summed E-state index contributed by atoms with van der Waals surface area (Å²) in [6, 6.07) is 0. The molecule has 4 heteroatoms. The molecule has 0 spiro atoms. The summed E-state index contributed by atoms with van der Waals surface area (Å²) in [5.74, 6) is 0.115. The topological polar surface area (TPSA) is 43.4 Å². The zero-order valence-corrected chi connectivity index (χ0v) is 5.02. The fourth-order valence-corrected chi connectivity index (χ4v) is 1.22. The van der Waals surface area contributed by atoms with Gasteiger partial charge in [-0.25, -0.2) is 0 Å². The maximum Gasteiger partial charge on any atom is 0.308 e. The van der Waals surface area contributed by atoms with E-state index >= 15 is 0 Å². The Balaban J connectivity index is 2.79. The summed E-state index contributed by atoms with van der Waals surface area (Å²) >= 11 is 0. The highest BCUT2D eigenvalue weighted by atomic mass is 32.2. The van der Waals surface area contributed by atoms with E-state index in [1.165, 1.54) is 6.26 Å². The van der Waals surface area contributed by atoms with Crippen LogP contribution in [0.5, 0.6) is 0 Å². The molecule has 0 saturated heterocycles. The van der Waals surface area contributed by atoms with Crippen LogP contribution in [-0.2, 0) is 14.3 Å². The molecule has 8 heavy (non-hydrogen) atoms. The van der Waals surface area contributed by atoms with Crippen LogP contribution in [0.4, 0.5) is 0 Å². The zero-order valence-electron chi connectivity index (χ0n) is 4.20. The molecule has 3 nitrogen and oxygen atoms in total. The van der Waals surface area contributed by atoms with Crippen molar-refractivity contribution in [2.75, 3.05) is 5.75 Å². The number of allylic oxidation sites excluding steroid dienone is 1. The molecule has 0 aromatic carbocycles. The highest BCUT2D eigenvalue weighted by molar-refractivity contribution is 7.86. The Hall–Kier alpha value is -0.510. The smallest absolute Gasteiger partial charge is 0.308 e. The minimum absolute atomic E-state index is 0.115. The molecule has 0 unspecified atom stereocenters. The van der Waals surface area contributed by atoms with E-state index in [2.05, 4.69) is 4.18 Å². The molecule has 0 aromatic rings. The van der Waals surface area contributed by atoms with E-state index < -0.39 is 10.1 Å². The van der Waals surface area contributed by atoms with Crippen molar-refractivity contribution in [1.82, 2.24) is 0 Å². The van der Waals surface area contributed by atoms with Crippen molar-refractivity contribution in [1.29, 1.82) is 0 Å². The summed E-state index contributed by atoms with van der Waals surface area (Å²) in [6.45, 7) is 0. The molecule has 0 aliphatic carbocycles. The Morgan fingerprint density at radius 2 is 2.25 bits per heavy atom. The van der Waals surface area contributed by atoms with Crippen LogP contribution in [0.3, 0.4) is 0 Å². The molecule has 1 rings (SSSR count). The molecule has 0 N–H and O–H groups in total. The Morgan fingerprint density at radius 3 is 2.50 bits per heavy atom. The van der Waals surface area contributed by atoms with Gasteiger partial charge in [0.2, 0.25) is 0 Å². The molecule has 0 aromatic heterocycles. The van der Waals surface area contributed by atoms with Gasteiger partial charge in [0.1, 0.15) is 6.26 Å². The van der Waals surface area contributed by atoms with Crippen molar-refractivity contribution in [3.05, 3.63) is 12.3 Å². The van der Waals surface area contributed by atoms with Gasteiger partial charge in [-0.05, 0) is 12.5 Å². The van der Waals surface area contributed by atoms with Crippen molar-refractivity contribution in [2.24, 2.45) is 0 Å². The summed E-state index contributed by atoms with van der Waals surface area (Å²) < 4.78 is 25.0. The molecular weight excluding hydrogens is 128 g/mol. The monoisotopic (exact) mass is 134 g/mol. The fraction of sp³-hybridized carbons (Fsp3) is 0.500. The van der Waals surface area contributed by atoms with Crippen molar-refractivity contribution in [2.45, 2.75) is 6.42 Å². The van der Waals surface area contributed by atoms with Gasteiger partial charge >= 0.3 is 10.1 Å². The molecule has 1 aliphatic rings. The standard InChI is InChI=1S/C4H6O3S/c5-8(6)4-2-1-3-7-8/h1,3H,2,4H2. The van der Waals surface area contributed by atoms with Crippen LogP contribution in [0.1, 0.15) is 6.42 Å². The van der Waals surface area contributed by atoms with E-state index in [1.807, 2.05) is 0 Å². The van der Waals surface area contributed by atoms with Crippen LogP contribution in [0, 0.1) is 0 Å². The van der Waals surface area contributed by atoms with Gasteiger partial charge in [-0.1, -0.05) is 0 Å². The van der Waals surface area contributed by atoms with Gasteiger partial charge in [0, 0.05) is 0 Å². The first-order chi connectivity index (χ1) is 3.71. The summed E-state index contributed by atoms with van der Waals surface area (Å²) in [6.07, 6.45) is 3.46. The predicted molar refractivity (Wildman–Crippen MR) is 28.6 cm³/mol. The second-order valence-corrected chi connectivity index (χ2v) is 3.23. The lowest BCUT2D eigenvalue weighted by Gasteiger charge is -2.03. The third-order valence-corrected chi connectivity index (χ3v) is 1.97. The van der Waals surface area contributed by atoms with Gasteiger partial charge in [-0.2, -0.15) is 8.42 Å². The minimum Gasteiger partial charge on any atom is -0.391 e. The van der Waals surface area contributed by atoms with Crippen LogP contribution in [0.25, 0.3) is 0 Å². The Bertz CT molecular complexity index is 189. The van der Waals surface area contributed by atoms with E-state index in [0.29, 0.717) is 6.42 Å².